The third-order valence-corrected chi connectivity index (χ3v) is 5.68. The molecule has 3 fully saturated rings. The number of nitrogens with one attached hydrogen (secondary N) is 1. The van der Waals surface area contributed by atoms with Crippen molar-refractivity contribution in [1.82, 2.24) is 5.32 Å². The summed E-state index contributed by atoms with van der Waals surface area (Å²) in [6, 6.07) is 0. The molecule has 0 aromatic rings. The SMILES string of the molecule is C1CCC(CCNCC2CCC3(CCCC3)O2)CC1. The first-order valence-corrected chi connectivity index (χ1v) is 8.75. The summed E-state index contributed by atoms with van der Waals surface area (Å²) in [7, 11) is 0. The minimum atomic E-state index is 0.315. The van der Waals surface area contributed by atoms with E-state index in [1.165, 1.54) is 83.6 Å². The summed E-state index contributed by atoms with van der Waals surface area (Å²) in [5, 5.41) is 3.66. The van der Waals surface area contributed by atoms with Crippen molar-refractivity contribution in [2.75, 3.05) is 13.1 Å². The Morgan fingerprint density at radius 3 is 2.47 bits per heavy atom. The first-order chi connectivity index (χ1) is 9.36. The highest BCUT2D eigenvalue weighted by Crippen LogP contribution is 2.43. The monoisotopic (exact) mass is 265 g/mol. The Bertz CT molecular complexity index is 266. The maximum absolute atomic E-state index is 6.34. The van der Waals surface area contributed by atoms with E-state index in [9.17, 15) is 0 Å². The van der Waals surface area contributed by atoms with Gasteiger partial charge in [0.2, 0.25) is 0 Å². The zero-order valence-corrected chi connectivity index (χ0v) is 12.5. The molecule has 1 atom stereocenters. The molecule has 1 heterocycles. The fourth-order valence-corrected chi connectivity index (χ4v) is 4.47. The van der Waals surface area contributed by atoms with E-state index in [4.69, 9.17) is 4.74 Å². The summed E-state index contributed by atoms with van der Waals surface area (Å²) in [5.74, 6) is 1.01. The van der Waals surface area contributed by atoms with E-state index in [1.54, 1.807) is 0 Å². The minimum absolute atomic E-state index is 0.315. The van der Waals surface area contributed by atoms with Gasteiger partial charge in [0.25, 0.3) is 0 Å². The highest BCUT2D eigenvalue weighted by atomic mass is 16.5. The van der Waals surface area contributed by atoms with Crippen molar-refractivity contribution in [2.24, 2.45) is 5.92 Å². The molecule has 2 nitrogen and oxygen atoms in total. The molecule has 1 unspecified atom stereocenters. The van der Waals surface area contributed by atoms with Crippen molar-refractivity contribution >= 4 is 0 Å². The molecule has 0 amide bonds. The van der Waals surface area contributed by atoms with Gasteiger partial charge in [0.1, 0.15) is 0 Å². The lowest BCUT2D eigenvalue weighted by Gasteiger charge is -2.24. The summed E-state index contributed by atoms with van der Waals surface area (Å²) in [5.41, 5.74) is 0.315. The highest BCUT2D eigenvalue weighted by molar-refractivity contribution is 4.93. The van der Waals surface area contributed by atoms with Crippen LogP contribution in [0, 0.1) is 5.92 Å². The van der Waals surface area contributed by atoms with Gasteiger partial charge in [-0.3, -0.25) is 0 Å². The van der Waals surface area contributed by atoms with E-state index in [-0.39, 0.29) is 0 Å². The second-order valence-electron chi connectivity index (χ2n) is 7.17. The molecule has 0 aromatic heterocycles. The summed E-state index contributed by atoms with van der Waals surface area (Å²) in [4.78, 5) is 0. The van der Waals surface area contributed by atoms with Gasteiger partial charge in [0.05, 0.1) is 11.7 Å². The second kappa shape index (κ2) is 6.58. The van der Waals surface area contributed by atoms with Gasteiger partial charge in [0.15, 0.2) is 0 Å². The van der Waals surface area contributed by atoms with Crippen LogP contribution in [0.5, 0.6) is 0 Å². The lowest BCUT2D eigenvalue weighted by atomic mass is 9.87. The number of hydrogen-bond acceptors (Lipinski definition) is 2. The topological polar surface area (TPSA) is 21.3 Å². The van der Waals surface area contributed by atoms with Gasteiger partial charge in [-0.1, -0.05) is 44.9 Å². The van der Waals surface area contributed by atoms with E-state index in [2.05, 4.69) is 5.32 Å². The second-order valence-corrected chi connectivity index (χ2v) is 7.17. The fourth-order valence-electron chi connectivity index (χ4n) is 4.47. The standard InChI is InChI=1S/C17H31NO/c1-2-6-15(7-3-1)9-13-18-14-16-8-12-17(19-16)10-4-5-11-17/h15-16,18H,1-14H2. The van der Waals surface area contributed by atoms with Gasteiger partial charge >= 0.3 is 0 Å². The maximum atomic E-state index is 6.34. The zero-order chi connectivity index (χ0) is 13.0. The number of ether oxygens (including phenoxy) is 1. The maximum Gasteiger partial charge on any atom is 0.0708 e. The molecule has 19 heavy (non-hydrogen) atoms. The first kappa shape index (κ1) is 13.9. The van der Waals surface area contributed by atoms with Crippen LogP contribution in [0.15, 0.2) is 0 Å². The van der Waals surface area contributed by atoms with Gasteiger partial charge in [-0.25, -0.2) is 0 Å². The zero-order valence-electron chi connectivity index (χ0n) is 12.5. The number of rotatable bonds is 5. The van der Waals surface area contributed by atoms with Gasteiger partial charge in [-0.2, -0.15) is 0 Å². The van der Waals surface area contributed by atoms with E-state index in [0.717, 1.165) is 12.5 Å². The molecule has 1 saturated heterocycles. The molecule has 2 saturated carbocycles. The van der Waals surface area contributed by atoms with Crippen molar-refractivity contribution in [1.29, 1.82) is 0 Å². The van der Waals surface area contributed by atoms with Gasteiger partial charge in [0, 0.05) is 6.54 Å². The molecule has 1 spiro atoms. The predicted octanol–water partition coefficient (Wildman–Crippen LogP) is 4.04. The van der Waals surface area contributed by atoms with Crippen LogP contribution in [0.25, 0.3) is 0 Å². The Hall–Kier alpha value is -0.0800. The molecule has 2 aliphatic carbocycles. The minimum Gasteiger partial charge on any atom is -0.370 e. The molecule has 0 aromatic carbocycles. The predicted molar refractivity (Wildman–Crippen MR) is 79.4 cm³/mol. The van der Waals surface area contributed by atoms with Crippen molar-refractivity contribution in [2.45, 2.75) is 88.8 Å². The Labute approximate surface area is 118 Å². The molecule has 0 radical (unpaired) electrons. The average Bonchev–Trinajstić information content (AvgIpc) is 3.07. The van der Waals surface area contributed by atoms with Crippen molar-refractivity contribution < 1.29 is 4.74 Å². The molecule has 0 bridgehead atoms. The summed E-state index contributed by atoms with van der Waals surface area (Å²) in [6.45, 7) is 2.30. The quantitative estimate of drug-likeness (QED) is 0.758. The molecule has 2 heteroatoms. The van der Waals surface area contributed by atoms with Gasteiger partial charge < -0.3 is 10.1 Å². The van der Waals surface area contributed by atoms with Crippen LogP contribution >= 0.6 is 0 Å². The molecule has 3 aliphatic rings. The van der Waals surface area contributed by atoms with Crippen LogP contribution in [0.2, 0.25) is 0 Å². The van der Waals surface area contributed by atoms with E-state index in [0.29, 0.717) is 11.7 Å². The lowest BCUT2D eigenvalue weighted by Crippen LogP contribution is -2.32. The summed E-state index contributed by atoms with van der Waals surface area (Å²) < 4.78 is 6.34. The molecular formula is C17H31NO. The van der Waals surface area contributed by atoms with E-state index < -0.39 is 0 Å². The van der Waals surface area contributed by atoms with Crippen LogP contribution in [0.1, 0.15) is 77.0 Å². The van der Waals surface area contributed by atoms with Gasteiger partial charge in [-0.15, -0.1) is 0 Å². The van der Waals surface area contributed by atoms with Crippen molar-refractivity contribution in [3.05, 3.63) is 0 Å². The Balaban J connectivity index is 1.28. The van der Waals surface area contributed by atoms with Crippen LogP contribution < -0.4 is 5.32 Å². The van der Waals surface area contributed by atoms with Crippen LogP contribution in [-0.2, 0) is 4.74 Å². The third kappa shape index (κ3) is 3.72. The largest absolute Gasteiger partial charge is 0.370 e. The highest BCUT2D eigenvalue weighted by Gasteiger charge is 2.41. The van der Waals surface area contributed by atoms with Crippen LogP contribution in [0.4, 0.5) is 0 Å². The molecule has 1 N–H and O–H groups in total. The normalized spacial score (nSPS) is 31.3. The average molecular weight is 265 g/mol. The first-order valence-electron chi connectivity index (χ1n) is 8.75. The fraction of sp³-hybridized carbons (Fsp3) is 1.00. The smallest absolute Gasteiger partial charge is 0.0708 e. The van der Waals surface area contributed by atoms with Crippen molar-refractivity contribution in [3.63, 3.8) is 0 Å². The van der Waals surface area contributed by atoms with E-state index >= 15 is 0 Å². The number of hydrogen-bond donors (Lipinski definition) is 1. The summed E-state index contributed by atoms with van der Waals surface area (Å²) in [6.07, 6.45) is 17.3. The van der Waals surface area contributed by atoms with Gasteiger partial charge in [-0.05, 0) is 44.6 Å². The Morgan fingerprint density at radius 1 is 0.895 bits per heavy atom. The van der Waals surface area contributed by atoms with Crippen molar-refractivity contribution in [3.8, 4) is 0 Å². The molecular weight excluding hydrogens is 234 g/mol. The third-order valence-electron chi connectivity index (χ3n) is 5.68. The molecule has 3 rings (SSSR count). The summed E-state index contributed by atoms with van der Waals surface area (Å²) >= 11 is 0. The molecule has 1 aliphatic heterocycles. The molecule has 110 valence electrons. The Kier molecular flexibility index (Phi) is 4.81. The van der Waals surface area contributed by atoms with E-state index in [1.807, 2.05) is 0 Å². The van der Waals surface area contributed by atoms with Crippen LogP contribution in [0.3, 0.4) is 0 Å². The van der Waals surface area contributed by atoms with Crippen LogP contribution in [-0.4, -0.2) is 24.8 Å². The lowest BCUT2D eigenvalue weighted by molar-refractivity contribution is -0.0351. The Morgan fingerprint density at radius 2 is 1.68 bits per heavy atom.